The second-order valence-electron chi connectivity index (χ2n) is 7.17. The molecule has 0 amide bonds. The number of methoxy groups -OCH3 is 2. The topological polar surface area (TPSA) is 55.8 Å². The number of nitrogens with zero attached hydrogens (tertiary/aromatic N) is 1. The van der Waals surface area contributed by atoms with Crippen molar-refractivity contribution in [1.82, 2.24) is 4.31 Å². The number of halogens is 1. The maximum absolute atomic E-state index is 13.7. The fourth-order valence-electron chi connectivity index (χ4n) is 3.29. The molecule has 0 saturated heterocycles. The molecule has 0 N–H and O–H groups in total. The number of benzene rings is 3. The summed E-state index contributed by atoms with van der Waals surface area (Å²) in [4.78, 5) is 0. The lowest BCUT2D eigenvalue weighted by atomic mass is 10.2. The van der Waals surface area contributed by atoms with Crippen molar-refractivity contribution in [3.8, 4) is 11.5 Å². The van der Waals surface area contributed by atoms with Crippen molar-refractivity contribution in [3.63, 3.8) is 0 Å². The summed E-state index contributed by atoms with van der Waals surface area (Å²) in [6.07, 6.45) is 0. The molecule has 0 aliphatic carbocycles. The lowest BCUT2D eigenvalue weighted by Crippen LogP contribution is -2.33. The van der Waals surface area contributed by atoms with Gasteiger partial charge in [-0.15, -0.1) is 0 Å². The van der Waals surface area contributed by atoms with Crippen LogP contribution in [-0.4, -0.2) is 26.9 Å². The van der Waals surface area contributed by atoms with E-state index in [1.165, 1.54) is 0 Å². The Hall–Kier alpha value is -2.10. The molecule has 0 spiro atoms. The second-order valence-corrected chi connectivity index (χ2v) is 10.6. The molecular weight excluding hydrogens is 525 g/mol. The molecule has 0 bridgehead atoms. The zero-order chi connectivity index (χ0) is 22.4. The summed E-state index contributed by atoms with van der Waals surface area (Å²) in [7, 11) is -0.419. The van der Waals surface area contributed by atoms with Crippen LogP contribution in [0.3, 0.4) is 0 Å². The summed E-state index contributed by atoms with van der Waals surface area (Å²) < 4.78 is 40.4. The molecule has 0 saturated carbocycles. The first-order chi connectivity index (χ1) is 14.8. The Kier molecular flexibility index (Phi) is 7.96. The summed E-state index contributed by atoms with van der Waals surface area (Å²) in [6.45, 7) is 2.29. The molecule has 1 atom stereocenters. The van der Waals surface area contributed by atoms with Gasteiger partial charge < -0.3 is 9.47 Å². The van der Waals surface area contributed by atoms with Gasteiger partial charge in [0.2, 0.25) is 10.0 Å². The smallest absolute Gasteiger partial charge is 0.221 e. The van der Waals surface area contributed by atoms with Crippen LogP contribution in [0.15, 0.2) is 72.8 Å². The van der Waals surface area contributed by atoms with Gasteiger partial charge in [0, 0.05) is 16.7 Å². The maximum atomic E-state index is 13.7. The summed E-state index contributed by atoms with van der Waals surface area (Å²) in [5.41, 5.74) is 2.60. The van der Waals surface area contributed by atoms with Crippen LogP contribution < -0.4 is 9.47 Å². The summed E-state index contributed by atoms with van der Waals surface area (Å²) >= 11 is 2.19. The SMILES string of the molecule is COc1ccc(CN(Cc2ccc(OC)cc2)S(=O)(=O)C(C)c2ccccc2I)cc1. The van der Waals surface area contributed by atoms with Crippen LogP contribution in [0.4, 0.5) is 0 Å². The highest BCUT2D eigenvalue weighted by Crippen LogP contribution is 2.31. The molecule has 0 radical (unpaired) electrons. The minimum Gasteiger partial charge on any atom is -0.497 e. The molecule has 0 aromatic heterocycles. The van der Waals surface area contributed by atoms with E-state index in [2.05, 4.69) is 22.6 Å². The van der Waals surface area contributed by atoms with Gasteiger partial charge in [-0.1, -0.05) is 42.5 Å². The van der Waals surface area contributed by atoms with Crippen LogP contribution in [0.5, 0.6) is 11.5 Å². The second kappa shape index (κ2) is 10.5. The van der Waals surface area contributed by atoms with E-state index in [-0.39, 0.29) is 13.1 Å². The molecule has 3 rings (SSSR count). The van der Waals surface area contributed by atoms with Gasteiger partial charge in [-0.3, -0.25) is 0 Å². The number of hydrogen-bond acceptors (Lipinski definition) is 4. The Morgan fingerprint density at radius 2 is 1.26 bits per heavy atom. The van der Waals surface area contributed by atoms with Crippen molar-refractivity contribution in [3.05, 3.63) is 93.1 Å². The minimum absolute atomic E-state index is 0.270. The monoisotopic (exact) mass is 551 g/mol. The third-order valence-corrected chi connectivity index (χ3v) is 8.29. The van der Waals surface area contributed by atoms with E-state index in [1.807, 2.05) is 72.8 Å². The number of rotatable bonds is 9. The van der Waals surface area contributed by atoms with Gasteiger partial charge in [0.05, 0.1) is 19.5 Å². The standard InChI is InChI=1S/C24H26INO4S/c1-18(23-6-4-5-7-24(23)25)31(27,28)26(16-19-8-12-21(29-2)13-9-19)17-20-10-14-22(30-3)15-11-20/h4-15,18H,16-17H2,1-3H3. The van der Waals surface area contributed by atoms with Crippen LogP contribution in [0.1, 0.15) is 28.9 Å². The summed E-state index contributed by atoms with van der Waals surface area (Å²) in [5.74, 6) is 1.47. The van der Waals surface area contributed by atoms with Crippen molar-refractivity contribution < 1.29 is 17.9 Å². The van der Waals surface area contributed by atoms with Crippen molar-refractivity contribution in [1.29, 1.82) is 0 Å². The molecule has 5 nitrogen and oxygen atoms in total. The Morgan fingerprint density at radius 3 is 1.68 bits per heavy atom. The van der Waals surface area contributed by atoms with Gasteiger partial charge in [0.25, 0.3) is 0 Å². The molecule has 164 valence electrons. The molecule has 0 fully saturated rings. The summed E-state index contributed by atoms with van der Waals surface area (Å²) in [6, 6.07) is 22.6. The van der Waals surface area contributed by atoms with Gasteiger partial charge in [0.1, 0.15) is 11.5 Å². The van der Waals surface area contributed by atoms with Gasteiger partial charge in [-0.05, 0) is 76.5 Å². The first-order valence-corrected chi connectivity index (χ1v) is 12.4. The third kappa shape index (κ3) is 5.78. The van der Waals surface area contributed by atoms with Crippen molar-refractivity contribution in [2.45, 2.75) is 25.3 Å². The number of ether oxygens (including phenoxy) is 2. The normalized spacial score (nSPS) is 12.5. The van der Waals surface area contributed by atoms with Gasteiger partial charge in [-0.2, -0.15) is 4.31 Å². The van der Waals surface area contributed by atoms with Gasteiger partial charge >= 0.3 is 0 Å². The first kappa shape index (κ1) is 23.6. The predicted octanol–water partition coefficient (Wildman–Crippen LogP) is 5.40. The average Bonchev–Trinajstić information content (AvgIpc) is 2.79. The minimum atomic E-state index is -3.64. The van der Waals surface area contributed by atoms with Crippen molar-refractivity contribution in [2.24, 2.45) is 0 Å². The van der Waals surface area contributed by atoms with E-state index in [1.54, 1.807) is 25.4 Å². The Balaban J connectivity index is 1.95. The lowest BCUT2D eigenvalue weighted by Gasteiger charge is -2.27. The zero-order valence-corrected chi connectivity index (χ0v) is 20.8. The zero-order valence-electron chi connectivity index (χ0n) is 17.8. The average molecular weight is 551 g/mol. The van der Waals surface area contributed by atoms with E-state index >= 15 is 0 Å². The molecule has 1 unspecified atom stereocenters. The molecule has 0 aliphatic rings. The molecule has 7 heteroatoms. The molecular formula is C24H26INO4S. The third-order valence-electron chi connectivity index (χ3n) is 5.19. The molecule has 3 aromatic rings. The van der Waals surface area contributed by atoms with Crippen LogP contribution in [0.2, 0.25) is 0 Å². The number of hydrogen-bond donors (Lipinski definition) is 0. The van der Waals surface area contributed by atoms with Crippen molar-refractivity contribution in [2.75, 3.05) is 14.2 Å². The Labute approximate surface area is 198 Å². The first-order valence-electron chi connectivity index (χ1n) is 9.84. The van der Waals surface area contributed by atoms with Gasteiger partial charge in [0.15, 0.2) is 0 Å². The molecule has 0 aliphatic heterocycles. The van der Waals surface area contributed by atoms with E-state index in [4.69, 9.17) is 9.47 Å². The molecule has 31 heavy (non-hydrogen) atoms. The van der Waals surface area contributed by atoms with Crippen LogP contribution in [-0.2, 0) is 23.1 Å². The Bertz CT molecular complexity index is 1050. The van der Waals surface area contributed by atoms with Crippen LogP contribution in [0.25, 0.3) is 0 Å². The molecule has 3 aromatic carbocycles. The summed E-state index contributed by atoms with van der Waals surface area (Å²) in [5, 5.41) is -0.669. The fraction of sp³-hybridized carbons (Fsp3) is 0.250. The van der Waals surface area contributed by atoms with E-state index < -0.39 is 15.3 Å². The number of sulfonamides is 1. The van der Waals surface area contributed by atoms with E-state index in [0.717, 1.165) is 31.8 Å². The highest BCUT2D eigenvalue weighted by molar-refractivity contribution is 14.1. The largest absolute Gasteiger partial charge is 0.497 e. The quantitative estimate of drug-likeness (QED) is 0.334. The predicted molar refractivity (Wildman–Crippen MR) is 132 cm³/mol. The Morgan fingerprint density at radius 1 is 0.806 bits per heavy atom. The fourth-order valence-corrected chi connectivity index (χ4v) is 5.99. The highest BCUT2D eigenvalue weighted by atomic mass is 127. The van der Waals surface area contributed by atoms with Crippen molar-refractivity contribution >= 4 is 32.6 Å². The van der Waals surface area contributed by atoms with E-state index in [9.17, 15) is 8.42 Å². The highest BCUT2D eigenvalue weighted by Gasteiger charge is 2.31. The van der Waals surface area contributed by atoms with E-state index in [0.29, 0.717) is 0 Å². The lowest BCUT2D eigenvalue weighted by molar-refractivity contribution is 0.392. The van der Waals surface area contributed by atoms with Crippen LogP contribution in [0, 0.1) is 3.57 Å². The van der Waals surface area contributed by atoms with Crippen LogP contribution >= 0.6 is 22.6 Å². The van der Waals surface area contributed by atoms with Gasteiger partial charge in [-0.25, -0.2) is 8.42 Å². The molecule has 0 heterocycles. The maximum Gasteiger partial charge on any atom is 0.221 e.